The summed E-state index contributed by atoms with van der Waals surface area (Å²) in [6.45, 7) is 0. The van der Waals surface area contributed by atoms with E-state index >= 15 is 0 Å². The average molecular weight is 669 g/mol. The van der Waals surface area contributed by atoms with Crippen LogP contribution in [0.15, 0.2) is 170 Å². The number of fused-ring (bicyclic) bond motifs is 10. The van der Waals surface area contributed by atoms with E-state index in [4.69, 9.17) is 9.97 Å². The van der Waals surface area contributed by atoms with Crippen LogP contribution in [-0.4, -0.2) is 19.1 Å². The van der Waals surface area contributed by atoms with Gasteiger partial charge in [-0.05, 0) is 48.5 Å². The quantitative estimate of drug-likeness (QED) is 0.187. The molecule has 0 aliphatic carbocycles. The molecule has 238 valence electrons. The molecule has 5 heteroatoms. The molecule has 0 unspecified atom stereocenters. The van der Waals surface area contributed by atoms with E-state index in [1.165, 1.54) is 43.6 Å². The molecular weight excluding hydrogens is 641 g/mol. The zero-order valence-electron chi connectivity index (χ0n) is 27.4. The number of rotatable bonds is 4. The first-order valence-corrected chi connectivity index (χ1v) is 18.0. The van der Waals surface area contributed by atoms with E-state index in [0.717, 1.165) is 54.3 Å². The summed E-state index contributed by atoms with van der Waals surface area (Å²) in [5.74, 6) is 0. The molecule has 11 rings (SSSR count). The van der Waals surface area contributed by atoms with Crippen LogP contribution in [0.2, 0.25) is 0 Å². The van der Waals surface area contributed by atoms with Crippen molar-refractivity contribution in [3.05, 3.63) is 170 Å². The summed E-state index contributed by atoms with van der Waals surface area (Å²) in [5.41, 5.74) is 11.9. The van der Waals surface area contributed by atoms with Gasteiger partial charge in [0, 0.05) is 54.1 Å². The molecule has 0 N–H and O–H groups in total. The lowest BCUT2D eigenvalue weighted by Gasteiger charge is -2.10. The number of nitrogens with zero attached hydrogens (tertiary/aromatic N) is 4. The SMILES string of the molecule is c1ccc(-c2nc3sc4cc(-n5c6ccccc6c6c5ccc5c7ccccc7n(-c7ccccc7)c56)ccc4c3nc2-c2ccccc2)cc1. The molecule has 0 amide bonds. The maximum atomic E-state index is 5.33. The lowest BCUT2D eigenvalue weighted by Crippen LogP contribution is -1.95. The van der Waals surface area contributed by atoms with Gasteiger partial charge in [0.05, 0.1) is 33.5 Å². The Balaban J connectivity index is 1.18. The number of para-hydroxylation sites is 3. The molecule has 0 aliphatic rings. The second-order valence-electron chi connectivity index (χ2n) is 13.0. The van der Waals surface area contributed by atoms with Crippen LogP contribution in [0.1, 0.15) is 0 Å². The minimum atomic E-state index is 0.901. The number of aromatic nitrogens is 4. The standard InChI is InChI=1S/C46H28N4S/c1-4-14-29(15-5-1)42-43(30-16-6-2-7-17-30)48-46-44(47-42)36-25-24-32(28-40(36)51-46)49-38-23-13-11-21-35(38)41-39(49)27-26-34-33-20-10-12-22-37(33)50(45(34)41)31-18-8-3-9-19-31/h1-28H. The fraction of sp³-hybridized carbons (Fsp3) is 0. The maximum absolute atomic E-state index is 5.33. The number of hydrogen-bond acceptors (Lipinski definition) is 3. The third kappa shape index (κ3) is 4.19. The lowest BCUT2D eigenvalue weighted by atomic mass is 10.0. The molecule has 0 bridgehead atoms. The first-order valence-electron chi connectivity index (χ1n) is 17.2. The Morgan fingerprint density at radius 1 is 0.412 bits per heavy atom. The normalized spacial score (nSPS) is 11.9. The Morgan fingerprint density at radius 2 is 1.00 bits per heavy atom. The van der Waals surface area contributed by atoms with Crippen LogP contribution in [0.3, 0.4) is 0 Å². The van der Waals surface area contributed by atoms with E-state index in [-0.39, 0.29) is 0 Å². The minimum absolute atomic E-state index is 0.901. The summed E-state index contributed by atoms with van der Waals surface area (Å²) < 4.78 is 6.02. The van der Waals surface area contributed by atoms with Gasteiger partial charge in [-0.1, -0.05) is 121 Å². The van der Waals surface area contributed by atoms with Gasteiger partial charge in [-0.3, -0.25) is 0 Å². The zero-order valence-corrected chi connectivity index (χ0v) is 28.2. The fourth-order valence-electron chi connectivity index (χ4n) is 7.93. The van der Waals surface area contributed by atoms with Crippen LogP contribution < -0.4 is 0 Å². The van der Waals surface area contributed by atoms with E-state index < -0.39 is 0 Å². The lowest BCUT2D eigenvalue weighted by molar-refractivity contribution is 1.18. The van der Waals surface area contributed by atoms with Gasteiger partial charge in [-0.25, -0.2) is 9.97 Å². The van der Waals surface area contributed by atoms with Crippen molar-refractivity contribution in [3.8, 4) is 33.9 Å². The van der Waals surface area contributed by atoms with E-state index in [9.17, 15) is 0 Å². The predicted molar refractivity (Wildman–Crippen MR) is 214 cm³/mol. The van der Waals surface area contributed by atoms with Crippen molar-refractivity contribution in [2.75, 3.05) is 0 Å². The van der Waals surface area contributed by atoms with Crippen LogP contribution >= 0.6 is 11.3 Å². The molecule has 51 heavy (non-hydrogen) atoms. The molecule has 0 radical (unpaired) electrons. The number of benzene rings is 7. The average Bonchev–Trinajstić information content (AvgIpc) is 3.85. The third-order valence-electron chi connectivity index (χ3n) is 10.1. The molecule has 0 aliphatic heterocycles. The topological polar surface area (TPSA) is 35.6 Å². The van der Waals surface area contributed by atoms with Crippen molar-refractivity contribution in [2.24, 2.45) is 0 Å². The highest BCUT2D eigenvalue weighted by atomic mass is 32.1. The molecule has 11 aromatic rings. The van der Waals surface area contributed by atoms with Crippen LogP contribution in [0, 0.1) is 0 Å². The summed E-state index contributed by atoms with van der Waals surface area (Å²) in [7, 11) is 0. The Kier molecular flexibility index (Phi) is 6.09. The first-order chi connectivity index (χ1) is 25.3. The molecular formula is C46H28N4S. The van der Waals surface area contributed by atoms with Gasteiger partial charge in [0.25, 0.3) is 0 Å². The van der Waals surface area contributed by atoms with Crippen molar-refractivity contribution < 1.29 is 0 Å². The summed E-state index contributed by atoms with van der Waals surface area (Å²) in [5, 5.41) is 6.12. The first kappa shape index (κ1) is 28.3. The molecule has 0 saturated carbocycles. The Hall–Kier alpha value is -6.56. The highest BCUT2D eigenvalue weighted by Gasteiger charge is 2.22. The molecule has 4 heterocycles. The van der Waals surface area contributed by atoms with E-state index in [1.807, 2.05) is 12.1 Å². The van der Waals surface area contributed by atoms with E-state index in [2.05, 4.69) is 167 Å². The monoisotopic (exact) mass is 668 g/mol. The van der Waals surface area contributed by atoms with Crippen molar-refractivity contribution in [1.29, 1.82) is 0 Å². The summed E-state index contributed by atoms with van der Waals surface area (Å²) in [6.07, 6.45) is 0. The van der Waals surface area contributed by atoms with Gasteiger partial charge in [0.1, 0.15) is 10.3 Å². The van der Waals surface area contributed by atoms with Crippen molar-refractivity contribution in [3.63, 3.8) is 0 Å². The Bertz CT molecular complexity index is 3120. The largest absolute Gasteiger partial charge is 0.309 e. The zero-order chi connectivity index (χ0) is 33.5. The fourth-order valence-corrected chi connectivity index (χ4v) is 8.98. The van der Waals surface area contributed by atoms with Gasteiger partial charge in [-0.15, -0.1) is 11.3 Å². The van der Waals surface area contributed by atoms with Crippen molar-refractivity contribution in [2.45, 2.75) is 0 Å². The molecule has 4 aromatic heterocycles. The highest BCUT2D eigenvalue weighted by molar-refractivity contribution is 7.25. The van der Waals surface area contributed by atoms with Crippen LogP contribution in [-0.2, 0) is 0 Å². The number of hydrogen-bond donors (Lipinski definition) is 0. The second-order valence-corrected chi connectivity index (χ2v) is 14.0. The molecule has 0 spiro atoms. The smallest absolute Gasteiger partial charge is 0.143 e. The minimum Gasteiger partial charge on any atom is -0.309 e. The van der Waals surface area contributed by atoms with Gasteiger partial charge in [0.2, 0.25) is 0 Å². The van der Waals surface area contributed by atoms with Gasteiger partial charge < -0.3 is 9.13 Å². The van der Waals surface area contributed by atoms with Crippen molar-refractivity contribution >= 4 is 75.4 Å². The van der Waals surface area contributed by atoms with Crippen molar-refractivity contribution in [1.82, 2.24) is 19.1 Å². The van der Waals surface area contributed by atoms with Gasteiger partial charge >= 0.3 is 0 Å². The summed E-state index contributed by atoms with van der Waals surface area (Å²) in [6, 6.07) is 60.5. The predicted octanol–water partition coefficient (Wildman–Crippen LogP) is 12.4. The van der Waals surface area contributed by atoms with E-state index in [0.29, 0.717) is 0 Å². The molecule has 7 aromatic carbocycles. The molecule has 0 atom stereocenters. The molecule has 4 nitrogen and oxygen atoms in total. The summed E-state index contributed by atoms with van der Waals surface area (Å²) >= 11 is 1.71. The Morgan fingerprint density at radius 3 is 1.73 bits per heavy atom. The second kappa shape index (κ2) is 11.0. The highest BCUT2D eigenvalue weighted by Crippen LogP contribution is 2.43. The number of thiophene rings is 1. The van der Waals surface area contributed by atoms with Gasteiger partial charge in [0.15, 0.2) is 0 Å². The van der Waals surface area contributed by atoms with Gasteiger partial charge in [-0.2, -0.15) is 0 Å². The Labute approximate surface area is 297 Å². The van der Waals surface area contributed by atoms with Crippen LogP contribution in [0.4, 0.5) is 0 Å². The maximum Gasteiger partial charge on any atom is 0.143 e. The van der Waals surface area contributed by atoms with E-state index in [1.54, 1.807) is 11.3 Å². The van der Waals surface area contributed by atoms with Crippen LogP contribution in [0.5, 0.6) is 0 Å². The van der Waals surface area contributed by atoms with Crippen LogP contribution in [0.25, 0.3) is 97.9 Å². The summed E-state index contributed by atoms with van der Waals surface area (Å²) in [4.78, 5) is 11.6. The molecule has 0 fully saturated rings. The molecule has 0 saturated heterocycles. The third-order valence-corrected chi connectivity index (χ3v) is 11.2.